The number of benzene rings is 2. The van der Waals surface area contributed by atoms with Gasteiger partial charge in [0.1, 0.15) is 0 Å². The number of likely N-dealkylation sites (N-methyl/N-ethyl adjacent to an activating group) is 1. The lowest BCUT2D eigenvalue weighted by molar-refractivity contribution is -0.131. The first-order valence-corrected chi connectivity index (χ1v) is 10.1. The summed E-state index contributed by atoms with van der Waals surface area (Å²) in [5, 5.41) is 0.763. The van der Waals surface area contributed by atoms with Crippen LogP contribution in [0.4, 0.5) is 0 Å². The summed E-state index contributed by atoms with van der Waals surface area (Å²) in [6.07, 6.45) is 4.74. The van der Waals surface area contributed by atoms with Crippen LogP contribution in [0.2, 0.25) is 0 Å². The Balaban J connectivity index is 1.81. The fourth-order valence-electron chi connectivity index (χ4n) is 3.79. The molecular formula is C25H24N2O3. The van der Waals surface area contributed by atoms with Crippen molar-refractivity contribution in [3.8, 4) is 0 Å². The maximum Gasteiger partial charge on any atom is 0.339 e. The van der Waals surface area contributed by atoms with Crippen LogP contribution in [0.3, 0.4) is 0 Å². The Labute approximate surface area is 176 Å². The first-order valence-electron chi connectivity index (χ1n) is 10.1. The molecular weight excluding hydrogens is 376 g/mol. The Morgan fingerprint density at radius 2 is 1.77 bits per heavy atom. The van der Waals surface area contributed by atoms with Crippen LogP contribution in [-0.4, -0.2) is 42.5 Å². The zero-order valence-corrected chi connectivity index (χ0v) is 17.2. The van der Waals surface area contributed by atoms with E-state index in [1.807, 2.05) is 42.5 Å². The quantitative estimate of drug-likeness (QED) is 0.611. The van der Waals surface area contributed by atoms with Crippen LogP contribution in [0.1, 0.15) is 40.0 Å². The minimum absolute atomic E-state index is 0.250. The largest absolute Gasteiger partial charge is 0.452 e. The van der Waals surface area contributed by atoms with Crippen molar-refractivity contribution in [3.63, 3.8) is 0 Å². The topological polar surface area (TPSA) is 59.5 Å². The number of hydrogen-bond donors (Lipinski definition) is 0. The molecule has 4 rings (SSSR count). The smallest absolute Gasteiger partial charge is 0.339 e. The first kappa shape index (κ1) is 19.8. The van der Waals surface area contributed by atoms with E-state index >= 15 is 0 Å². The van der Waals surface area contributed by atoms with E-state index in [9.17, 15) is 9.59 Å². The van der Waals surface area contributed by atoms with Crippen molar-refractivity contribution in [2.75, 3.05) is 20.7 Å². The summed E-state index contributed by atoms with van der Waals surface area (Å²) >= 11 is 0. The minimum atomic E-state index is -0.471. The van der Waals surface area contributed by atoms with E-state index in [2.05, 4.69) is 18.2 Å². The second kappa shape index (κ2) is 8.49. The van der Waals surface area contributed by atoms with E-state index in [0.29, 0.717) is 5.56 Å². The third kappa shape index (κ3) is 3.96. The van der Waals surface area contributed by atoms with Gasteiger partial charge in [-0.25, -0.2) is 9.78 Å². The average molecular weight is 400 g/mol. The number of pyridine rings is 1. The standard InChI is InChI=1S/C25H24N2O3/c1-27(2)22(28)16-30-25(29)23-19-12-6-7-14-21(19)26-24-18(11-8-13-20(23)24)15-17-9-4-3-5-10-17/h3-7,9-10,12,14-15H,8,11,13,16H2,1-2H3/b18-15+. The summed E-state index contributed by atoms with van der Waals surface area (Å²) in [7, 11) is 3.28. The SMILES string of the molecule is CN(C)C(=O)COC(=O)c1c2c(nc3ccccc13)/C(=C/c1ccccc1)CCC2. The molecule has 2 aromatic carbocycles. The summed E-state index contributed by atoms with van der Waals surface area (Å²) in [4.78, 5) is 31.3. The molecule has 5 nitrogen and oxygen atoms in total. The number of para-hydroxylation sites is 1. The lowest BCUT2D eigenvalue weighted by Gasteiger charge is -2.22. The molecule has 0 spiro atoms. The van der Waals surface area contributed by atoms with Gasteiger partial charge in [0.25, 0.3) is 5.91 Å². The van der Waals surface area contributed by atoms with Gasteiger partial charge in [-0.3, -0.25) is 4.79 Å². The summed E-state index contributed by atoms with van der Waals surface area (Å²) in [6, 6.07) is 17.7. The molecule has 1 heterocycles. The van der Waals surface area contributed by atoms with Gasteiger partial charge in [0.05, 0.1) is 16.8 Å². The Kier molecular flexibility index (Phi) is 5.61. The molecule has 1 aliphatic rings. The van der Waals surface area contributed by atoms with Gasteiger partial charge in [-0.2, -0.15) is 0 Å². The lowest BCUT2D eigenvalue weighted by atomic mass is 9.86. The Bertz CT molecular complexity index is 1130. The number of nitrogens with zero attached hydrogens (tertiary/aromatic N) is 2. The summed E-state index contributed by atoms with van der Waals surface area (Å²) in [6.45, 7) is -0.274. The lowest BCUT2D eigenvalue weighted by Crippen LogP contribution is -2.28. The summed E-state index contributed by atoms with van der Waals surface area (Å²) in [5.74, 6) is -0.721. The number of carbonyl (C=O) groups excluding carboxylic acids is 2. The second-order valence-electron chi connectivity index (χ2n) is 7.63. The second-order valence-corrected chi connectivity index (χ2v) is 7.63. The number of fused-ring (bicyclic) bond motifs is 2. The highest BCUT2D eigenvalue weighted by Crippen LogP contribution is 2.36. The normalized spacial score (nSPS) is 14.4. The molecule has 0 aliphatic heterocycles. The number of esters is 1. The zero-order valence-electron chi connectivity index (χ0n) is 17.2. The van der Waals surface area contributed by atoms with E-state index < -0.39 is 5.97 Å². The summed E-state index contributed by atoms with van der Waals surface area (Å²) in [5.41, 5.74) is 5.27. The Morgan fingerprint density at radius 3 is 2.53 bits per heavy atom. The van der Waals surface area contributed by atoms with Crippen LogP contribution in [0.5, 0.6) is 0 Å². The monoisotopic (exact) mass is 400 g/mol. The van der Waals surface area contributed by atoms with Crippen LogP contribution in [0, 0.1) is 0 Å². The molecule has 0 saturated heterocycles. The van der Waals surface area contributed by atoms with Gasteiger partial charge in [0.15, 0.2) is 6.61 Å². The number of hydrogen-bond acceptors (Lipinski definition) is 4. The van der Waals surface area contributed by atoms with Gasteiger partial charge in [-0.15, -0.1) is 0 Å². The number of aromatic nitrogens is 1. The Hall–Kier alpha value is -3.47. The van der Waals surface area contributed by atoms with Crippen LogP contribution in [-0.2, 0) is 16.0 Å². The fourth-order valence-corrected chi connectivity index (χ4v) is 3.79. The van der Waals surface area contributed by atoms with Gasteiger partial charge in [-0.1, -0.05) is 48.5 Å². The highest BCUT2D eigenvalue weighted by atomic mass is 16.5. The first-order chi connectivity index (χ1) is 14.5. The molecule has 1 aromatic heterocycles. The molecule has 0 atom stereocenters. The predicted octanol–water partition coefficient (Wildman–Crippen LogP) is 4.36. The van der Waals surface area contributed by atoms with Crippen LogP contribution in [0.15, 0.2) is 54.6 Å². The van der Waals surface area contributed by atoms with Gasteiger partial charge in [0.2, 0.25) is 0 Å². The Morgan fingerprint density at radius 1 is 1.03 bits per heavy atom. The molecule has 0 unspecified atom stereocenters. The van der Waals surface area contributed by atoms with Crippen molar-refractivity contribution in [1.29, 1.82) is 0 Å². The average Bonchev–Trinajstić information content (AvgIpc) is 2.76. The van der Waals surface area contributed by atoms with Crippen molar-refractivity contribution in [1.82, 2.24) is 9.88 Å². The number of amides is 1. The van der Waals surface area contributed by atoms with E-state index in [-0.39, 0.29) is 12.5 Å². The third-order valence-electron chi connectivity index (χ3n) is 5.34. The van der Waals surface area contributed by atoms with Crippen molar-refractivity contribution in [2.24, 2.45) is 0 Å². The van der Waals surface area contributed by atoms with Crippen LogP contribution >= 0.6 is 0 Å². The van der Waals surface area contributed by atoms with Crippen molar-refractivity contribution < 1.29 is 14.3 Å². The van der Waals surface area contributed by atoms with Gasteiger partial charge in [0, 0.05) is 19.5 Å². The maximum absolute atomic E-state index is 13.1. The van der Waals surface area contributed by atoms with Crippen LogP contribution < -0.4 is 0 Å². The predicted molar refractivity (Wildman–Crippen MR) is 118 cm³/mol. The number of allylic oxidation sites excluding steroid dienone is 1. The molecule has 3 aromatic rings. The molecule has 152 valence electrons. The van der Waals surface area contributed by atoms with Gasteiger partial charge >= 0.3 is 5.97 Å². The molecule has 30 heavy (non-hydrogen) atoms. The van der Waals surface area contributed by atoms with Crippen LogP contribution in [0.25, 0.3) is 22.6 Å². The molecule has 5 heteroatoms. The number of rotatable bonds is 4. The van der Waals surface area contributed by atoms with E-state index in [4.69, 9.17) is 9.72 Å². The third-order valence-corrected chi connectivity index (χ3v) is 5.34. The molecule has 0 bridgehead atoms. The van der Waals surface area contributed by atoms with Gasteiger partial charge < -0.3 is 9.64 Å². The van der Waals surface area contributed by atoms with Crippen molar-refractivity contribution in [2.45, 2.75) is 19.3 Å². The maximum atomic E-state index is 13.1. The minimum Gasteiger partial charge on any atom is -0.452 e. The van der Waals surface area contributed by atoms with Gasteiger partial charge in [-0.05, 0) is 48.1 Å². The molecule has 0 N–H and O–H groups in total. The fraction of sp³-hybridized carbons (Fsp3) is 0.240. The molecule has 1 aliphatic carbocycles. The molecule has 0 fully saturated rings. The zero-order chi connectivity index (χ0) is 21.1. The molecule has 1 amide bonds. The van der Waals surface area contributed by atoms with Crippen molar-refractivity contribution in [3.05, 3.63) is 77.0 Å². The van der Waals surface area contributed by atoms with Crippen molar-refractivity contribution >= 4 is 34.4 Å². The summed E-state index contributed by atoms with van der Waals surface area (Å²) < 4.78 is 5.40. The highest BCUT2D eigenvalue weighted by Gasteiger charge is 2.26. The van der Waals surface area contributed by atoms with E-state index in [1.54, 1.807) is 14.1 Å². The molecule has 0 radical (unpaired) electrons. The highest BCUT2D eigenvalue weighted by molar-refractivity contribution is 6.07. The van der Waals surface area contributed by atoms with E-state index in [1.165, 1.54) is 4.90 Å². The molecule has 0 saturated carbocycles. The number of carbonyl (C=O) groups is 2. The number of ether oxygens (including phenoxy) is 1. The van der Waals surface area contributed by atoms with E-state index in [0.717, 1.165) is 52.6 Å².